The molecule has 60 heavy (non-hydrogen) atoms. The molecule has 290 valence electrons. The van der Waals surface area contributed by atoms with E-state index in [0.29, 0.717) is 26.9 Å². The zero-order valence-corrected chi connectivity index (χ0v) is 36.1. The molecule has 5 heterocycles. The molecule has 7 aromatic rings. The molecule has 8 bridgehead atoms. The molecule has 0 unspecified atom stereocenters. The van der Waals surface area contributed by atoms with Crippen molar-refractivity contribution in [3.8, 4) is 44.5 Å². The Morgan fingerprint density at radius 2 is 0.483 bits per heavy atom. The van der Waals surface area contributed by atoms with E-state index < -0.39 is 0 Å². The van der Waals surface area contributed by atoms with Crippen molar-refractivity contribution in [3.05, 3.63) is 144 Å². The van der Waals surface area contributed by atoms with Gasteiger partial charge >= 0.3 is 0 Å². The molecule has 0 aliphatic carbocycles. The minimum absolute atomic E-state index is 0.435. The average Bonchev–Trinajstić information content (AvgIpc) is 4.10. The van der Waals surface area contributed by atoms with Crippen molar-refractivity contribution in [2.75, 3.05) is 0 Å². The van der Waals surface area contributed by atoms with Crippen LogP contribution in [0.25, 0.3) is 90.9 Å². The maximum absolute atomic E-state index is 5.52. The third-order valence-corrected chi connectivity index (χ3v) is 12.2. The molecule has 0 fully saturated rings. The number of nitrogens with one attached hydrogen (secondary N) is 2. The zero-order valence-electron chi connectivity index (χ0n) is 36.1. The maximum atomic E-state index is 5.52. The van der Waals surface area contributed by atoms with Crippen molar-refractivity contribution >= 4 is 95.1 Å². The summed E-state index contributed by atoms with van der Waals surface area (Å²) < 4.78 is 0. The SMILES string of the molecule is CB(C)c1ccc(-c2c3nc(c(-c4ccc(B(C)C)cc4)c4ccc([nH]4)c(-c4ccc(B(C)C)cc4)c4nc(c(-c5ccc(B(C)C)cc5)c5ccc2[nH]5)C=C4)C=C3)cc1. The summed E-state index contributed by atoms with van der Waals surface area (Å²) in [5.41, 5.74) is 21.6. The molecular formula is C52H50B4N4. The predicted octanol–water partition coefficient (Wildman–Crippen LogP) is 11.2. The van der Waals surface area contributed by atoms with Crippen LogP contribution in [0.4, 0.5) is 0 Å². The van der Waals surface area contributed by atoms with Crippen molar-refractivity contribution < 1.29 is 0 Å². The van der Waals surface area contributed by atoms with Gasteiger partial charge in [0.2, 0.25) is 0 Å². The van der Waals surface area contributed by atoms with E-state index in [-0.39, 0.29) is 0 Å². The minimum Gasteiger partial charge on any atom is -0.354 e. The van der Waals surface area contributed by atoms with Gasteiger partial charge in [0.05, 0.1) is 22.8 Å². The molecule has 0 atom stereocenters. The number of benzene rings is 4. The average molecular weight is 774 g/mol. The number of hydrogen-bond acceptors (Lipinski definition) is 2. The molecule has 2 aliphatic heterocycles. The van der Waals surface area contributed by atoms with Gasteiger partial charge < -0.3 is 9.97 Å². The third-order valence-electron chi connectivity index (χ3n) is 12.2. The number of nitrogens with zero attached hydrogens (tertiary/aromatic N) is 2. The molecule has 8 heteroatoms. The van der Waals surface area contributed by atoms with E-state index >= 15 is 0 Å². The molecule has 2 aliphatic rings. The normalized spacial score (nSPS) is 11.9. The van der Waals surface area contributed by atoms with Gasteiger partial charge in [-0.05, 0) is 70.8 Å². The Kier molecular flexibility index (Phi) is 10.5. The van der Waals surface area contributed by atoms with Crippen LogP contribution >= 0.6 is 0 Å². The Bertz CT molecular complexity index is 2550. The summed E-state index contributed by atoms with van der Waals surface area (Å²) in [6.45, 7) is 19.7. The molecule has 4 aromatic carbocycles. The van der Waals surface area contributed by atoms with Gasteiger partial charge in [-0.1, -0.05) is 173 Å². The fourth-order valence-electron chi connectivity index (χ4n) is 8.56. The summed E-state index contributed by atoms with van der Waals surface area (Å²) in [4.78, 5) is 18.9. The van der Waals surface area contributed by atoms with Gasteiger partial charge in [0.15, 0.2) is 26.9 Å². The van der Waals surface area contributed by atoms with Gasteiger partial charge in [0, 0.05) is 44.3 Å². The van der Waals surface area contributed by atoms with E-state index in [9.17, 15) is 0 Å². The third kappa shape index (κ3) is 7.45. The summed E-state index contributed by atoms with van der Waals surface area (Å²) in [6.07, 6.45) is 8.72. The highest BCUT2D eigenvalue weighted by Gasteiger charge is 2.20. The Morgan fingerprint density at radius 1 is 0.283 bits per heavy atom. The highest BCUT2D eigenvalue weighted by atomic mass is 14.8. The van der Waals surface area contributed by atoms with Crippen LogP contribution in [0.2, 0.25) is 54.6 Å². The number of rotatable bonds is 8. The second-order valence-corrected chi connectivity index (χ2v) is 17.6. The second-order valence-electron chi connectivity index (χ2n) is 17.6. The van der Waals surface area contributed by atoms with Gasteiger partial charge in [0.25, 0.3) is 0 Å². The lowest BCUT2D eigenvalue weighted by atomic mass is 9.49. The summed E-state index contributed by atoms with van der Waals surface area (Å²) in [7, 11) is 0. The van der Waals surface area contributed by atoms with E-state index in [2.05, 4.69) is 210 Å². The maximum Gasteiger partial charge on any atom is 0.169 e. The summed E-state index contributed by atoms with van der Waals surface area (Å²) in [6, 6.07) is 44.8. The van der Waals surface area contributed by atoms with Crippen LogP contribution in [0.15, 0.2) is 121 Å². The first-order chi connectivity index (χ1) is 29.0. The molecule has 9 rings (SSSR count). The van der Waals surface area contributed by atoms with Crippen molar-refractivity contribution in [3.63, 3.8) is 0 Å². The molecular weight excluding hydrogens is 724 g/mol. The van der Waals surface area contributed by atoms with Gasteiger partial charge in [0.1, 0.15) is 0 Å². The molecule has 4 nitrogen and oxygen atoms in total. The first kappa shape index (κ1) is 39.2. The van der Waals surface area contributed by atoms with Crippen LogP contribution in [0, 0.1) is 0 Å². The van der Waals surface area contributed by atoms with Gasteiger partial charge in [-0.25, -0.2) is 9.97 Å². The number of H-pyrrole nitrogens is 2. The Morgan fingerprint density at radius 3 is 0.667 bits per heavy atom. The fourth-order valence-corrected chi connectivity index (χ4v) is 8.56. The lowest BCUT2D eigenvalue weighted by Gasteiger charge is -2.09. The van der Waals surface area contributed by atoms with Crippen LogP contribution in [0.3, 0.4) is 0 Å². The summed E-state index contributed by atoms with van der Waals surface area (Å²) in [5.74, 6) is 0. The predicted molar refractivity (Wildman–Crippen MR) is 269 cm³/mol. The number of aromatic nitrogens is 4. The lowest BCUT2D eigenvalue weighted by Crippen LogP contribution is -2.21. The van der Waals surface area contributed by atoms with Crippen LogP contribution in [-0.4, -0.2) is 46.8 Å². The van der Waals surface area contributed by atoms with E-state index in [1.54, 1.807) is 0 Å². The zero-order chi connectivity index (χ0) is 41.7. The fraction of sp³-hybridized carbons (Fsp3) is 0.154. The summed E-state index contributed by atoms with van der Waals surface area (Å²) >= 11 is 0. The monoisotopic (exact) mass is 774 g/mol. The largest absolute Gasteiger partial charge is 0.354 e. The number of aromatic amines is 2. The topological polar surface area (TPSA) is 57.4 Å². The highest BCUT2D eigenvalue weighted by molar-refractivity contribution is 6.71. The minimum atomic E-state index is 0.435. The second kappa shape index (κ2) is 16.1. The van der Waals surface area contributed by atoms with Crippen LogP contribution in [-0.2, 0) is 0 Å². The smallest absolute Gasteiger partial charge is 0.169 e. The van der Waals surface area contributed by atoms with Gasteiger partial charge in [-0.15, -0.1) is 0 Å². The van der Waals surface area contributed by atoms with Crippen molar-refractivity contribution in [2.24, 2.45) is 0 Å². The van der Waals surface area contributed by atoms with Crippen molar-refractivity contribution in [1.82, 2.24) is 19.9 Å². The van der Waals surface area contributed by atoms with Crippen molar-refractivity contribution in [2.45, 2.75) is 54.6 Å². The van der Waals surface area contributed by atoms with E-state index in [1.807, 2.05) is 0 Å². The number of fused-ring (bicyclic) bond motifs is 8. The molecule has 3 aromatic heterocycles. The Labute approximate surface area is 356 Å². The molecule has 0 radical (unpaired) electrons. The lowest BCUT2D eigenvalue weighted by molar-refractivity contribution is 1.31. The van der Waals surface area contributed by atoms with Crippen LogP contribution in [0.1, 0.15) is 22.8 Å². The summed E-state index contributed by atoms with van der Waals surface area (Å²) in [5, 5.41) is 0. The van der Waals surface area contributed by atoms with E-state index in [1.165, 1.54) is 21.9 Å². The van der Waals surface area contributed by atoms with Gasteiger partial charge in [-0.3, -0.25) is 0 Å². The van der Waals surface area contributed by atoms with Crippen molar-refractivity contribution in [1.29, 1.82) is 0 Å². The number of hydrogen-bond donors (Lipinski definition) is 2. The standard InChI is InChI=1S/C52H50B4N4/c1-53(2)37-17-9-33(10-18-37)49-41-25-27-43(57-41)50(34-11-19-38(20-12-34)54(3)4)45-29-31-47(59-45)52(36-15-23-40(24-16-36)56(7)8)48-32-30-46(60-48)51(44-28-26-42(49)58-44)35-13-21-39(22-14-35)55(5)6/h9-32,57,60H,1-8H3. The quantitative estimate of drug-likeness (QED) is 0.151. The van der Waals surface area contributed by atoms with E-state index in [4.69, 9.17) is 9.97 Å². The van der Waals surface area contributed by atoms with Crippen LogP contribution in [0.5, 0.6) is 0 Å². The van der Waals surface area contributed by atoms with Crippen LogP contribution < -0.4 is 21.9 Å². The molecule has 0 spiro atoms. The molecule has 0 saturated heterocycles. The van der Waals surface area contributed by atoms with E-state index in [0.717, 1.165) is 89.4 Å². The van der Waals surface area contributed by atoms with Gasteiger partial charge in [-0.2, -0.15) is 0 Å². The Hall–Kier alpha value is -6.26. The highest BCUT2D eigenvalue weighted by Crippen LogP contribution is 2.38. The first-order valence-corrected chi connectivity index (χ1v) is 21.6. The Balaban J connectivity index is 1.42. The molecule has 0 saturated carbocycles. The molecule has 0 amide bonds. The first-order valence-electron chi connectivity index (χ1n) is 21.6. The molecule has 2 N–H and O–H groups in total.